The Kier molecular flexibility index (Phi) is 4.89. The summed E-state index contributed by atoms with van der Waals surface area (Å²) in [5.74, 6) is 2.45. The van der Waals surface area contributed by atoms with E-state index in [1.165, 1.54) is 32.1 Å². The zero-order chi connectivity index (χ0) is 13.0. The van der Waals surface area contributed by atoms with E-state index in [-0.39, 0.29) is 0 Å². The number of rotatable bonds is 4. The minimum Gasteiger partial charge on any atom is -0.378 e. The van der Waals surface area contributed by atoms with Gasteiger partial charge in [0.05, 0.1) is 6.61 Å². The van der Waals surface area contributed by atoms with Gasteiger partial charge in [-0.05, 0) is 24.8 Å². The maximum Gasteiger partial charge on any atom is 0.130 e. The second kappa shape index (κ2) is 6.43. The van der Waals surface area contributed by atoms with Crippen LogP contribution in [0.5, 0.6) is 0 Å². The third-order valence-corrected chi connectivity index (χ3v) is 4.07. The number of nitrogens with zero attached hydrogens (tertiary/aromatic N) is 1. The number of methoxy groups -OCH3 is 1. The van der Waals surface area contributed by atoms with E-state index in [2.05, 4.69) is 16.9 Å². The number of nitrogens with one attached hydrogen (secondary N) is 1. The Morgan fingerprint density at radius 2 is 2.33 bits per heavy atom. The molecule has 1 saturated carbocycles. The van der Waals surface area contributed by atoms with Crippen LogP contribution in [0.15, 0.2) is 6.07 Å². The predicted molar refractivity (Wildman–Crippen MR) is 75.1 cm³/mol. The van der Waals surface area contributed by atoms with Gasteiger partial charge in [-0.25, -0.2) is 4.98 Å². The van der Waals surface area contributed by atoms with Gasteiger partial charge in [0, 0.05) is 18.7 Å². The van der Waals surface area contributed by atoms with Crippen molar-refractivity contribution in [2.24, 2.45) is 5.92 Å². The fourth-order valence-electron chi connectivity index (χ4n) is 2.87. The van der Waals surface area contributed by atoms with Gasteiger partial charge >= 0.3 is 0 Å². The summed E-state index contributed by atoms with van der Waals surface area (Å²) in [7, 11) is 1.70. The highest BCUT2D eigenvalue weighted by atomic mass is 32.1. The van der Waals surface area contributed by atoms with Gasteiger partial charge in [-0.1, -0.05) is 38.4 Å². The van der Waals surface area contributed by atoms with Gasteiger partial charge in [0.25, 0.3) is 0 Å². The van der Waals surface area contributed by atoms with Crippen LogP contribution in [0.3, 0.4) is 0 Å². The number of aromatic amines is 1. The van der Waals surface area contributed by atoms with E-state index in [4.69, 9.17) is 17.0 Å². The van der Waals surface area contributed by atoms with E-state index in [0.29, 0.717) is 17.2 Å². The first kappa shape index (κ1) is 13.7. The molecule has 18 heavy (non-hydrogen) atoms. The molecule has 1 aliphatic carbocycles. The molecule has 100 valence electrons. The van der Waals surface area contributed by atoms with Crippen molar-refractivity contribution < 1.29 is 4.74 Å². The van der Waals surface area contributed by atoms with Crippen molar-refractivity contribution in [2.45, 2.75) is 51.6 Å². The van der Waals surface area contributed by atoms with Crippen molar-refractivity contribution in [1.29, 1.82) is 0 Å². The van der Waals surface area contributed by atoms with Crippen LogP contribution >= 0.6 is 12.2 Å². The number of hydrogen-bond donors (Lipinski definition) is 1. The molecule has 0 aliphatic heterocycles. The smallest absolute Gasteiger partial charge is 0.130 e. The van der Waals surface area contributed by atoms with Crippen molar-refractivity contribution in [2.75, 3.05) is 7.11 Å². The third kappa shape index (κ3) is 3.39. The lowest BCUT2D eigenvalue weighted by Gasteiger charge is -2.28. The summed E-state index contributed by atoms with van der Waals surface area (Å²) in [6.07, 6.45) is 6.41. The Labute approximate surface area is 114 Å². The Morgan fingerprint density at radius 1 is 1.50 bits per heavy atom. The van der Waals surface area contributed by atoms with Crippen LogP contribution in [-0.4, -0.2) is 17.1 Å². The van der Waals surface area contributed by atoms with Crippen LogP contribution in [0, 0.1) is 10.6 Å². The molecule has 4 heteroatoms. The molecule has 0 spiro atoms. The second-order valence-corrected chi connectivity index (χ2v) is 5.62. The van der Waals surface area contributed by atoms with Crippen molar-refractivity contribution in [3.63, 3.8) is 0 Å². The quantitative estimate of drug-likeness (QED) is 0.838. The number of H-pyrrole nitrogens is 1. The highest BCUT2D eigenvalue weighted by Gasteiger charge is 2.23. The molecular formula is C14H22N2OS. The maximum atomic E-state index is 5.24. The SMILES string of the molecule is CCC1CCCC(c2nc(=S)cc(COC)[nH]2)C1. The van der Waals surface area contributed by atoms with Crippen LogP contribution in [0.4, 0.5) is 0 Å². The molecule has 1 aromatic rings. The number of aromatic nitrogens is 2. The van der Waals surface area contributed by atoms with E-state index in [1.807, 2.05) is 6.07 Å². The molecule has 1 fully saturated rings. The summed E-state index contributed by atoms with van der Waals surface area (Å²) in [6, 6.07) is 1.89. The zero-order valence-electron chi connectivity index (χ0n) is 11.2. The van der Waals surface area contributed by atoms with Gasteiger partial charge in [-0.3, -0.25) is 0 Å². The van der Waals surface area contributed by atoms with Gasteiger partial charge in [-0.15, -0.1) is 0 Å². The molecule has 1 aliphatic rings. The molecule has 0 saturated heterocycles. The number of hydrogen-bond acceptors (Lipinski definition) is 3. The molecule has 1 aromatic heterocycles. The van der Waals surface area contributed by atoms with Crippen molar-refractivity contribution in [3.05, 3.63) is 22.2 Å². The molecule has 0 radical (unpaired) electrons. The van der Waals surface area contributed by atoms with Gasteiger partial charge < -0.3 is 9.72 Å². The molecule has 3 nitrogen and oxygen atoms in total. The lowest BCUT2D eigenvalue weighted by Crippen LogP contribution is -2.16. The standard InChI is InChI=1S/C14H22N2OS/c1-3-10-5-4-6-11(7-10)14-15-12(9-17-2)8-13(18)16-14/h8,10-11H,3-7,9H2,1-2H3,(H,15,16,18). The van der Waals surface area contributed by atoms with Gasteiger partial charge in [0.2, 0.25) is 0 Å². The van der Waals surface area contributed by atoms with Gasteiger partial charge in [-0.2, -0.15) is 0 Å². The van der Waals surface area contributed by atoms with E-state index in [9.17, 15) is 0 Å². The van der Waals surface area contributed by atoms with Gasteiger partial charge in [0.1, 0.15) is 10.5 Å². The van der Waals surface area contributed by atoms with Crippen molar-refractivity contribution in [1.82, 2.24) is 9.97 Å². The third-order valence-electron chi connectivity index (χ3n) is 3.86. The summed E-state index contributed by atoms with van der Waals surface area (Å²) in [5, 5.41) is 0. The highest BCUT2D eigenvalue weighted by molar-refractivity contribution is 7.71. The Morgan fingerprint density at radius 3 is 3.06 bits per heavy atom. The van der Waals surface area contributed by atoms with E-state index >= 15 is 0 Å². The van der Waals surface area contributed by atoms with Crippen LogP contribution in [-0.2, 0) is 11.3 Å². The molecule has 2 rings (SSSR count). The lowest BCUT2D eigenvalue weighted by molar-refractivity contribution is 0.180. The average Bonchev–Trinajstić information content (AvgIpc) is 2.38. The average molecular weight is 266 g/mol. The Hall–Kier alpha value is -0.740. The summed E-state index contributed by atoms with van der Waals surface area (Å²) in [5.41, 5.74) is 1.03. The zero-order valence-corrected chi connectivity index (χ0v) is 12.1. The largest absolute Gasteiger partial charge is 0.378 e. The van der Waals surface area contributed by atoms with E-state index in [0.717, 1.165) is 17.4 Å². The summed E-state index contributed by atoms with van der Waals surface area (Å²) in [6.45, 7) is 2.85. The van der Waals surface area contributed by atoms with Crippen molar-refractivity contribution >= 4 is 12.2 Å². The summed E-state index contributed by atoms with van der Waals surface area (Å²) >= 11 is 5.24. The number of ether oxygens (including phenoxy) is 1. The fourth-order valence-corrected chi connectivity index (χ4v) is 3.11. The highest BCUT2D eigenvalue weighted by Crippen LogP contribution is 2.36. The van der Waals surface area contributed by atoms with Crippen LogP contribution in [0.1, 0.15) is 56.5 Å². The molecule has 1 N–H and O–H groups in total. The molecule has 2 atom stereocenters. The normalized spacial score (nSPS) is 24.1. The van der Waals surface area contributed by atoms with Crippen LogP contribution < -0.4 is 0 Å². The minimum atomic E-state index is 0.544. The maximum absolute atomic E-state index is 5.24. The topological polar surface area (TPSA) is 37.9 Å². The Balaban J connectivity index is 2.18. The molecule has 0 aromatic carbocycles. The summed E-state index contributed by atoms with van der Waals surface area (Å²) in [4.78, 5) is 7.91. The summed E-state index contributed by atoms with van der Waals surface area (Å²) < 4.78 is 5.84. The predicted octanol–water partition coefficient (Wildman–Crippen LogP) is 3.97. The van der Waals surface area contributed by atoms with Crippen molar-refractivity contribution in [3.8, 4) is 0 Å². The molecule has 2 unspecified atom stereocenters. The minimum absolute atomic E-state index is 0.544. The first-order valence-corrected chi connectivity index (χ1v) is 7.22. The van der Waals surface area contributed by atoms with Crippen LogP contribution in [0.25, 0.3) is 0 Å². The van der Waals surface area contributed by atoms with E-state index < -0.39 is 0 Å². The Bertz CT molecular complexity index is 444. The fraction of sp³-hybridized carbons (Fsp3) is 0.714. The molecule has 1 heterocycles. The first-order valence-electron chi connectivity index (χ1n) is 6.82. The first-order chi connectivity index (χ1) is 8.72. The lowest BCUT2D eigenvalue weighted by atomic mass is 9.80. The van der Waals surface area contributed by atoms with Crippen LogP contribution in [0.2, 0.25) is 0 Å². The molecule has 0 amide bonds. The second-order valence-electron chi connectivity index (χ2n) is 5.20. The monoisotopic (exact) mass is 266 g/mol. The van der Waals surface area contributed by atoms with Gasteiger partial charge in [0.15, 0.2) is 0 Å². The molecule has 0 bridgehead atoms. The van der Waals surface area contributed by atoms with E-state index in [1.54, 1.807) is 7.11 Å². The molecular weight excluding hydrogens is 244 g/mol.